The molecule has 0 aromatic carbocycles. The first-order valence-electron chi connectivity index (χ1n) is 4.16. The first-order valence-corrected chi connectivity index (χ1v) is 5.92. The van der Waals surface area contributed by atoms with Crippen molar-refractivity contribution in [3.05, 3.63) is 34.5 Å². The molecule has 2 aromatic rings. The third-order valence-corrected chi connectivity index (χ3v) is 3.84. The van der Waals surface area contributed by atoms with Crippen molar-refractivity contribution >= 4 is 22.7 Å². The molecule has 0 saturated carbocycles. The topological polar surface area (TPSA) is 12.0 Å². The third kappa shape index (κ3) is 1.99. The molecule has 0 aliphatic rings. The van der Waals surface area contributed by atoms with Crippen molar-refractivity contribution in [2.24, 2.45) is 0 Å². The molecule has 0 radical (unpaired) electrons. The minimum absolute atomic E-state index is 0.960. The van der Waals surface area contributed by atoms with Crippen molar-refractivity contribution in [1.82, 2.24) is 5.32 Å². The molecule has 0 unspecified atom stereocenters. The number of rotatable bonds is 3. The van der Waals surface area contributed by atoms with Crippen molar-refractivity contribution in [2.45, 2.75) is 6.54 Å². The first kappa shape index (κ1) is 8.94. The van der Waals surface area contributed by atoms with Crippen LogP contribution in [0.5, 0.6) is 0 Å². The summed E-state index contributed by atoms with van der Waals surface area (Å²) in [5.41, 5.74) is 1.37. The van der Waals surface area contributed by atoms with Crippen LogP contribution in [0.25, 0.3) is 9.75 Å². The molecule has 0 aliphatic carbocycles. The highest BCUT2D eigenvalue weighted by Crippen LogP contribution is 2.30. The maximum Gasteiger partial charge on any atom is 0.0445 e. The van der Waals surface area contributed by atoms with Gasteiger partial charge in [-0.1, -0.05) is 6.07 Å². The molecule has 13 heavy (non-hydrogen) atoms. The minimum atomic E-state index is 0.960. The SMILES string of the molecule is CNCc1csc(-c2cccs2)c1. The molecule has 0 fully saturated rings. The number of hydrogen-bond acceptors (Lipinski definition) is 3. The summed E-state index contributed by atoms with van der Waals surface area (Å²) in [5, 5.41) is 7.48. The molecule has 0 amide bonds. The Morgan fingerprint density at radius 1 is 1.31 bits per heavy atom. The van der Waals surface area contributed by atoms with Gasteiger partial charge in [-0.25, -0.2) is 0 Å². The lowest BCUT2D eigenvalue weighted by Gasteiger charge is -1.91. The van der Waals surface area contributed by atoms with E-state index >= 15 is 0 Å². The predicted octanol–water partition coefficient (Wildman–Crippen LogP) is 3.20. The molecule has 68 valence electrons. The molecule has 1 N–H and O–H groups in total. The summed E-state index contributed by atoms with van der Waals surface area (Å²) in [6.07, 6.45) is 0. The first-order chi connectivity index (χ1) is 6.40. The molecule has 1 nitrogen and oxygen atoms in total. The zero-order chi connectivity index (χ0) is 9.10. The quantitative estimate of drug-likeness (QED) is 0.818. The van der Waals surface area contributed by atoms with Gasteiger partial charge in [0.2, 0.25) is 0 Å². The summed E-state index contributed by atoms with van der Waals surface area (Å²) < 4.78 is 0. The van der Waals surface area contributed by atoms with Gasteiger partial charge in [-0.05, 0) is 35.5 Å². The van der Waals surface area contributed by atoms with E-state index in [1.807, 2.05) is 18.4 Å². The second-order valence-electron chi connectivity index (χ2n) is 2.83. The van der Waals surface area contributed by atoms with Crippen molar-refractivity contribution in [3.8, 4) is 9.75 Å². The van der Waals surface area contributed by atoms with Gasteiger partial charge >= 0.3 is 0 Å². The summed E-state index contributed by atoms with van der Waals surface area (Å²) in [5.74, 6) is 0. The fraction of sp³-hybridized carbons (Fsp3) is 0.200. The van der Waals surface area contributed by atoms with E-state index in [0.717, 1.165) is 6.54 Å². The van der Waals surface area contributed by atoms with Gasteiger partial charge in [-0.2, -0.15) is 0 Å². The fourth-order valence-corrected chi connectivity index (χ4v) is 2.98. The van der Waals surface area contributed by atoms with Crippen LogP contribution in [0.3, 0.4) is 0 Å². The molecule has 0 atom stereocenters. The van der Waals surface area contributed by atoms with Crippen LogP contribution in [0.15, 0.2) is 29.0 Å². The van der Waals surface area contributed by atoms with Crippen LogP contribution in [-0.4, -0.2) is 7.05 Å². The summed E-state index contributed by atoms with van der Waals surface area (Å²) in [7, 11) is 1.97. The summed E-state index contributed by atoms with van der Waals surface area (Å²) in [6.45, 7) is 0.960. The van der Waals surface area contributed by atoms with Gasteiger partial charge in [0.05, 0.1) is 0 Å². The Balaban J connectivity index is 2.23. The maximum atomic E-state index is 3.15. The smallest absolute Gasteiger partial charge is 0.0445 e. The summed E-state index contributed by atoms with van der Waals surface area (Å²) >= 11 is 3.62. The molecule has 0 spiro atoms. The van der Waals surface area contributed by atoms with Crippen LogP contribution < -0.4 is 5.32 Å². The van der Waals surface area contributed by atoms with E-state index in [2.05, 4.69) is 34.3 Å². The number of hydrogen-bond donors (Lipinski definition) is 1. The average molecular weight is 209 g/mol. The van der Waals surface area contributed by atoms with Crippen molar-refractivity contribution in [2.75, 3.05) is 7.05 Å². The molecule has 0 bridgehead atoms. The molecule has 0 aliphatic heterocycles. The molecular formula is C10H11NS2. The normalized spacial score (nSPS) is 10.5. The Labute approximate surface area is 86.0 Å². The van der Waals surface area contributed by atoms with E-state index < -0.39 is 0 Å². The van der Waals surface area contributed by atoms with Gasteiger partial charge in [-0.15, -0.1) is 22.7 Å². The average Bonchev–Trinajstić information content (AvgIpc) is 2.70. The molecule has 2 rings (SSSR count). The highest BCUT2D eigenvalue weighted by Gasteiger charge is 2.01. The molecular weight excluding hydrogens is 198 g/mol. The number of nitrogens with one attached hydrogen (secondary N) is 1. The molecule has 0 saturated heterocycles. The van der Waals surface area contributed by atoms with E-state index in [1.165, 1.54) is 15.3 Å². The molecule has 2 aromatic heterocycles. The van der Waals surface area contributed by atoms with Crippen molar-refractivity contribution < 1.29 is 0 Å². The zero-order valence-electron chi connectivity index (χ0n) is 7.41. The Kier molecular flexibility index (Phi) is 2.78. The van der Waals surface area contributed by atoms with Gasteiger partial charge in [0.25, 0.3) is 0 Å². The second kappa shape index (κ2) is 4.05. The maximum absolute atomic E-state index is 3.15. The van der Waals surface area contributed by atoms with Crippen LogP contribution in [-0.2, 0) is 6.54 Å². The predicted molar refractivity (Wildman–Crippen MR) is 60.4 cm³/mol. The van der Waals surface area contributed by atoms with Crippen molar-refractivity contribution in [1.29, 1.82) is 0 Å². The lowest BCUT2D eigenvalue weighted by molar-refractivity contribution is 0.821. The second-order valence-corrected chi connectivity index (χ2v) is 4.69. The van der Waals surface area contributed by atoms with E-state index in [1.54, 1.807) is 11.3 Å². The van der Waals surface area contributed by atoms with E-state index in [9.17, 15) is 0 Å². The van der Waals surface area contributed by atoms with Crippen LogP contribution in [0.2, 0.25) is 0 Å². The Bertz CT molecular complexity index is 362. The van der Waals surface area contributed by atoms with E-state index in [0.29, 0.717) is 0 Å². The van der Waals surface area contributed by atoms with E-state index in [-0.39, 0.29) is 0 Å². The minimum Gasteiger partial charge on any atom is -0.316 e. The lowest BCUT2D eigenvalue weighted by atomic mass is 10.3. The zero-order valence-corrected chi connectivity index (χ0v) is 9.04. The third-order valence-electron chi connectivity index (χ3n) is 1.80. The lowest BCUT2D eigenvalue weighted by Crippen LogP contribution is -2.03. The summed E-state index contributed by atoms with van der Waals surface area (Å²) in [4.78, 5) is 2.74. The van der Waals surface area contributed by atoms with Crippen LogP contribution in [0.4, 0.5) is 0 Å². The van der Waals surface area contributed by atoms with Gasteiger partial charge in [-0.3, -0.25) is 0 Å². The highest BCUT2D eigenvalue weighted by atomic mass is 32.1. The van der Waals surface area contributed by atoms with Gasteiger partial charge in [0, 0.05) is 16.3 Å². The van der Waals surface area contributed by atoms with Gasteiger partial charge < -0.3 is 5.32 Å². The summed E-state index contributed by atoms with van der Waals surface area (Å²) in [6, 6.07) is 6.52. The Morgan fingerprint density at radius 3 is 2.92 bits per heavy atom. The van der Waals surface area contributed by atoms with Gasteiger partial charge in [0.1, 0.15) is 0 Å². The van der Waals surface area contributed by atoms with Crippen LogP contribution in [0, 0.1) is 0 Å². The fourth-order valence-electron chi connectivity index (χ4n) is 1.22. The largest absolute Gasteiger partial charge is 0.316 e. The molecule has 2 heterocycles. The van der Waals surface area contributed by atoms with Crippen molar-refractivity contribution in [3.63, 3.8) is 0 Å². The van der Waals surface area contributed by atoms with Crippen LogP contribution >= 0.6 is 22.7 Å². The standard InChI is InChI=1S/C10H11NS2/c1-11-6-8-5-10(13-7-8)9-3-2-4-12-9/h2-5,7,11H,6H2,1H3. The van der Waals surface area contributed by atoms with Crippen LogP contribution in [0.1, 0.15) is 5.56 Å². The number of thiophene rings is 2. The Hall–Kier alpha value is -0.640. The van der Waals surface area contributed by atoms with Gasteiger partial charge in [0.15, 0.2) is 0 Å². The Morgan fingerprint density at radius 2 is 2.23 bits per heavy atom. The monoisotopic (exact) mass is 209 g/mol. The van der Waals surface area contributed by atoms with E-state index in [4.69, 9.17) is 0 Å². The molecule has 3 heteroatoms. The highest BCUT2D eigenvalue weighted by molar-refractivity contribution is 7.20.